The van der Waals surface area contributed by atoms with E-state index >= 15 is 0 Å². The van der Waals surface area contributed by atoms with Gasteiger partial charge < -0.3 is 16.4 Å². The standard InChI is InChI=1S/C22H17F6N3/c1-31-19-10-15(30)3-5-17(19)16-4-2-14(29)9-18(16)20(31)11-6-12(21(23,24)25)8-13(7-11)22(26,27)28/h2-10,20H,29-30H2,1H3. The fraction of sp³-hybridized carbons (Fsp3) is 0.182. The lowest BCUT2D eigenvalue weighted by molar-refractivity contribution is -0.143. The molecule has 1 heterocycles. The van der Waals surface area contributed by atoms with Gasteiger partial charge in [-0.3, -0.25) is 0 Å². The van der Waals surface area contributed by atoms with Crippen molar-refractivity contribution in [2.45, 2.75) is 18.4 Å². The summed E-state index contributed by atoms with van der Waals surface area (Å²) < 4.78 is 80.6. The van der Waals surface area contributed by atoms with E-state index in [1.165, 1.54) is 0 Å². The zero-order valence-corrected chi connectivity index (χ0v) is 16.1. The number of fused-ring (bicyclic) bond motifs is 3. The summed E-state index contributed by atoms with van der Waals surface area (Å²) in [6.45, 7) is 0. The molecule has 9 heteroatoms. The number of halogens is 6. The molecule has 1 unspecified atom stereocenters. The fourth-order valence-electron chi connectivity index (χ4n) is 4.01. The highest BCUT2D eigenvalue weighted by Crippen LogP contribution is 2.49. The average Bonchev–Trinajstić information content (AvgIpc) is 2.66. The van der Waals surface area contributed by atoms with Gasteiger partial charge in [0.15, 0.2) is 0 Å². The van der Waals surface area contributed by atoms with Gasteiger partial charge in [-0.1, -0.05) is 12.1 Å². The summed E-state index contributed by atoms with van der Waals surface area (Å²) in [7, 11) is 1.60. The van der Waals surface area contributed by atoms with Crippen molar-refractivity contribution in [3.8, 4) is 11.1 Å². The Balaban J connectivity index is 2.01. The van der Waals surface area contributed by atoms with Crippen LogP contribution in [-0.2, 0) is 12.4 Å². The largest absolute Gasteiger partial charge is 0.416 e. The Morgan fingerprint density at radius 2 is 1.23 bits per heavy atom. The zero-order valence-electron chi connectivity index (χ0n) is 16.1. The lowest BCUT2D eigenvalue weighted by Crippen LogP contribution is -2.30. The molecule has 1 atom stereocenters. The number of rotatable bonds is 1. The molecule has 0 saturated carbocycles. The number of hydrogen-bond donors (Lipinski definition) is 2. The van der Waals surface area contributed by atoms with Crippen LogP contribution in [0.4, 0.5) is 43.4 Å². The third kappa shape index (κ3) is 3.64. The Kier molecular flexibility index (Phi) is 4.60. The highest BCUT2D eigenvalue weighted by atomic mass is 19.4. The van der Waals surface area contributed by atoms with Crippen LogP contribution in [-0.4, -0.2) is 7.05 Å². The van der Waals surface area contributed by atoms with E-state index in [0.717, 1.165) is 17.7 Å². The first-order chi connectivity index (χ1) is 14.4. The molecule has 4 rings (SSSR count). The Bertz CT molecular complexity index is 1130. The summed E-state index contributed by atoms with van der Waals surface area (Å²) in [5, 5.41) is 0. The zero-order chi connectivity index (χ0) is 22.7. The second-order valence-corrected chi connectivity index (χ2v) is 7.48. The van der Waals surface area contributed by atoms with E-state index in [4.69, 9.17) is 11.5 Å². The normalized spacial score (nSPS) is 16.1. The van der Waals surface area contributed by atoms with Crippen molar-refractivity contribution < 1.29 is 26.3 Å². The molecule has 4 N–H and O–H groups in total. The topological polar surface area (TPSA) is 55.3 Å². The molecule has 3 nitrogen and oxygen atoms in total. The van der Waals surface area contributed by atoms with Gasteiger partial charge in [-0.25, -0.2) is 0 Å². The van der Waals surface area contributed by atoms with Crippen molar-refractivity contribution in [3.63, 3.8) is 0 Å². The predicted octanol–water partition coefficient (Wildman–Crippen LogP) is 6.09. The van der Waals surface area contributed by atoms with Gasteiger partial charge in [0.1, 0.15) is 0 Å². The summed E-state index contributed by atoms with van der Waals surface area (Å²) in [4.78, 5) is 1.61. The summed E-state index contributed by atoms with van der Waals surface area (Å²) in [5.41, 5.74) is 12.2. The Labute approximate surface area is 173 Å². The Morgan fingerprint density at radius 3 is 1.77 bits per heavy atom. The van der Waals surface area contributed by atoms with Crippen LogP contribution in [0.15, 0.2) is 54.6 Å². The minimum Gasteiger partial charge on any atom is -0.399 e. The molecular weight excluding hydrogens is 420 g/mol. The molecule has 31 heavy (non-hydrogen) atoms. The SMILES string of the molecule is CN1c2cc(N)ccc2-c2ccc(N)cc2C1c1cc(C(F)(F)F)cc(C(F)(F)F)c1. The van der Waals surface area contributed by atoms with Gasteiger partial charge in [-0.15, -0.1) is 0 Å². The third-order valence-electron chi connectivity index (χ3n) is 5.38. The lowest BCUT2D eigenvalue weighted by Gasteiger charge is -2.38. The molecule has 0 radical (unpaired) electrons. The maximum absolute atomic E-state index is 13.4. The molecular formula is C22H17F6N3. The van der Waals surface area contributed by atoms with Gasteiger partial charge in [0, 0.05) is 29.7 Å². The Morgan fingerprint density at radius 1 is 0.710 bits per heavy atom. The number of nitrogen functional groups attached to an aromatic ring is 2. The minimum atomic E-state index is -4.94. The van der Waals surface area contributed by atoms with Crippen LogP contribution in [0.25, 0.3) is 11.1 Å². The molecule has 0 amide bonds. The molecule has 162 valence electrons. The van der Waals surface area contributed by atoms with Crippen molar-refractivity contribution in [3.05, 3.63) is 76.9 Å². The van der Waals surface area contributed by atoms with Crippen LogP contribution in [0.2, 0.25) is 0 Å². The monoisotopic (exact) mass is 437 g/mol. The second kappa shape index (κ2) is 6.83. The molecule has 0 aromatic heterocycles. The van der Waals surface area contributed by atoms with E-state index in [0.29, 0.717) is 28.2 Å². The van der Waals surface area contributed by atoms with Crippen molar-refractivity contribution in [1.82, 2.24) is 0 Å². The average molecular weight is 437 g/mol. The number of hydrogen-bond acceptors (Lipinski definition) is 3. The molecule has 0 aliphatic carbocycles. The summed E-state index contributed by atoms with van der Waals surface area (Å²) in [5.74, 6) is 0. The van der Waals surface area contributed by atoms with Crippen LogP contribution in [0.5, 0.6) is 0 Å². The number of benzene rings is 3. The highest BCUT2D eigenvalue weighted by molar-refractivity contribution is 5.88. The third-order valence-corrected chi connectivity index (χ3v) is 5.38. The lowest BCUT2D eigenvalue weighted by atomic mass is 9.84. The summed E-state index contributed by atoms with van der Waals surface area (Å²) >= 11 is 0. The first-order valence-corrected chi connectivity index (χ1v) is 9.18. The van der Waals surface area contributed by atoms with Crippen LogP contribution in [0.1, 0.15) is 28.3 Å². The fourth-order valence-corrected chi connectivity index (χ4v) is 4.01. The van der Waals surface area contributed by atoms with Crippen molar-refractivity contribution in [1.29, 1.82) is 0 Å². The molecule has 0 fully saturated rings. The minimum absolute atomic E-state index is 0.124. The van der Waals surface area contributed by atoms with E-state index < -0.39 is 29.5 Å². The van der Waals surface area contributed by atoms with E-state index in [1.54, 1.807) is 48.3 Å². The number of alkyl halides is 6. The Hall–Kier alpha value is -3.36. The molecule has 3 aromatic rings. The molecule has 0 saturated heterocycles. The first-order valence-electron chi connectivity index (χ1n) is 9.18. The van der Waals surface area contributed by atoms with Crippen LogP contribution in [0, 0.1) is 0 Å². The van der Waals surface area contributed by atoms with E-state index in [2.05, 4.69) is 0 Å². The summed E-state index contributed by atoms with van der Waals surface area (Å²) in [6, 6.07) is 10.7. The van der Waals surface area contributed by atoms with Gasteiger partial charge in [0.2, 0.25) is 0 Å². The van der Waals surface area contributed by atoms with Crippen molar-refractivity contribution >= 4 is 17.1 Å². The number of anilines is 3. The molecule has 1 aliphatic heterocycles. The quantitative estimate of drug-likeness (QED) is 0.358. The molecule has 3 aromatic carbocycles. The second-order valence-electron chi connectivity index (χ2n) is 7.48. The van der Waals surface area contributed by atoms with E-state index in [-0.39, 0.29) is 11.6 Å². The van der Waals surface area contributed by atoms with Crippen LogP contribution in [0.3, 0.4) is 0 Å². The predicted molar refractivity (Wildman–Crippen MR) is 107 cm³/mol. The summed E-state index contributed by atoms with van der Waals surface area (Å²) in [6.07, 6.45) is -9.88. The van der Waals surface area contributed by atoms with Gasteiger partial charge in [-0.05, 0) is 59.2 Å². The van der Waals surface area contributed by atoms with Crippen molar-refractivity contribution in [2.24, 2.45) is 0 Å². The van der Waals surface area contributed by atoms with Crippen molar-refractivity contribution in [2.75, 3.05) is 23.4 Å². The maximum Gasteiger partial charge on any atom is 0.416 e. The van der Waals surface area contributed by atoms with Gasteiger partial charge in [0.05, 0.1) is 17.2 Å². The molecule has 0 spiro atoms. The molecule has 0 bridgehead atoms. The smallest absolute Gasteiger partial charge is 0.399 e. The number of nitrogens with two attached hydrogens (primary N) is 2. The molecule has 1 aliphatic rings. The van der Waals surface area contributed by atoms with Gasteiger partial charge in [-0.2, -0.15) is 26.3 Å². The van der Waals surface area contributed by atoms with Crippen LogP contribution >= 0.6 is 0 Å². The highest BCUT2D eigenvalue weighted by Gasteiger charge is 2.39. The van der Waals surface area contributed by atoms with Gasteiger partial charge in [0.25, 0.3) is 0 Å². The van der Waals surface area contributed by atoms with Gasteiger partial charge >= 0.3 is 12.4 Å². The first kappa shape index (κ1) is 20.9. The number of nitrogens with zero attached hydrogens (tertiary/aromatic N) is 1. The van der Waals surface area contributed by atoms with Crippen LogP contribution < -0.4 is 16.4 Å². The van der Waals surface area contributed by atoms with E-state index in [1.807, 2.05) is 0 Å². The van der Waals surface area contributed by atoms with E-state index in [9.17, 15) is 26.3 Å². The maximum atomic E-state index is 13.4.